The maximum Gasteiger partial charge on any atom is 0.326 e. The number of carboxylic acids is 1. The van der Waals surface area contributed by atoms with E-state index in [0.717, 1.165) is 0 Å². The van der Waals surface area contributed by atoms with E-state index < -0.39 is 47.9 Å². The minimum absolute atomic E-state index is 0.140. The van der Waals surface area contributed by atoms with Crippen LogP contribution in [-0.2, 0) is 19.2 Å². The minimum atomic E-state index is -1.05. The van der Waals surface area contributed by atoms with Crippen molar-refractivity contribution >= 4 is 48.1 Å². The van der Waals surface area contributed by atoms with E-state index in [-0.39, 0.29) is 11.7 Å². The summed E-state index contributed by atoms with van der Waals surface area (Å²) in [5, 5.41) is 14.7. The van der Waals surface area contributed by atoms with Crippen molar-refractivity contribution in [2.24, 2.45) is 11.7 Å². The number of rotatable bonds is 11. The van der Waals surface area contributed by atoms with Crippen LogP contribution in [0.1, 0.15) is 33.1 Å². The number of nitrogens with one attached hydrogen (secondary N) is 2. The van der Waals surface area contributed by atoms with Gasteiger partial charge in [-0.25, -0.2) is 4.79 Å². The number of nitrogens with zero attached hydrogens (tertiary/aromatic N) is 1. The second-order valence-electron chi connectivity index (χ2n) is 7.39. The normalized spacial score (nSPS) is 19.5. The van der Waals surface area contributed by atoms with Gasteiger partial charge in [-0.15, -0.1) is 0 Å². The Morgan fingerprint density at radius 2 is 1.90 bits per heavy atom. The van der Waals surface area contributed by atoms with Gasteiger partial charge in [0.15, 0.2) is 0 Å². The quantitative estimate of drug-likeness (QED) is 0.273. The average Bonchev–Trinajstić information content (AvgIpc) is 3.17. The average molecular weight is 449 g/mol. The van der Waals surface area contributed by atoms with Crippen LogP contribution in [0.25, 0.3) is 0 Å². The molecule has 0 bridgehead atoms. The van der Waals surface area contributed by atoms with Gasteiger partial charge in [0, 0.05) is 12.3 Å². The summed E-state index contributed by atoms with van der Waals surface area (Å²) >= 11 is 5.52. The SMILES string of the molecule is CSCCC(NC(=O)C(N)CS)C(=O)NC(C(=O)N1CCCC1C(=O)O)C(C)C. The Balaban J connectivity index is 2.92. The summed E-state index contributed by atoms with van der Waals surface area (Å²) < 4.78 is 0. The number of aliphatic carboxylic acids is 1. The van der Waals surface area contributed by atoms with Gasteiger partial charge in [0.1, 0.15) is 18.1 Å². The van der Waals surface area contributed by atoms with Gasteiger partial charge in [0.25, 0.3) is 0 Å². The van der Waals surface area contributed by atoms with E-state index in [1.165, 1.54) is 16.7 Å². The van der Waals surface area contributed by atoms with Crippen LogP contribution in [0.15, 0.2) is 0 Å². The van der Waals surface area contributed by atoms with E-state index in [0.29, 0.717) is 31.6 Å². The Kier molecular flexibility index (Phi) is 10.8. The second kappa shape index (κ2) is 12.3. The van der Waals surface area contributed by atoms with Crippen molar-refractivity contribution in [3.05, 3.63) is 0 Å². The minimum Gasteiger partial charge on any atom is -0.480 e. The van der Waals surface area contributed by atoms with E-state index in [4.69, 9.17) is 5.73 Å². The Morgan fingerprint density at radius 3 is 2.41 bits per heavy atom. The molecule has 0 aromatic rings. The zero-order valence-electron chi connectivity index (χ0n) is 17.1. The van der Waals surface area contributed by atoms with Crippen molar-refractivity contribution in [3.63, 3.8) is 0 Å². The molecule has 4 unspecified atom stereocenters. The smallest absolute Gasteiger partial charge is 0.326 e. The van der Waals surface area contributed by atoms with Crippen molar-refractivity contribution in [3.8, 4) is 0 Å². The number of hydrogen-bond acceptors (Lipinski definition) is 7. The predicted molar refractivity (Wildman–Crippen MR) is 116 cm³/mol. The van der Waals surface area contributed by atoms with E-state index in [1.54, 1.807) is 13.8 Å². The lowest BCUT2D eigenvalue weighted by molar-refractivity contribution is -0.150. The fraction of sp³-hybridized carbons (Fsp3) is 0.778. The fourth-order valence-electron chi connectivity index (χ4n) is 3.10. The number of carbonyl (C=O) groups excluding carboxylic acids is 3. The molecule has 0 aromatic heterocycles. The number of amides is 3. The van der Waals surface area contributed by atoms with Crippen LogP contribution < -0.4 is 16.4 Å². The second-order valence-corrected chi connectivity index (χ2v) is 8.74. The molecule has 1 aliphatic heterocycles. The van der Waals surface area contributed by atoms with Crippen molar-refractivity contribution < 1.29 is 24.3 Å². The Labute approximate surface area is 181 Å². The molecule has 166 valence electrons. The van der Waals surface area contributed by atoms with Crippen LogP contribution in [0.2, 0.25) is 0 Å². The van der Waals surface area contributed by atoms with Crippen LogP contribution in [0.5, 0.6) is 0 Å². The van der Waals surface area contributed by atoms with E-state index in [2.05, 4.69) is 23.3 Å². The van der Waals surface area contributed by atoms with Gasteiger partial charge in [0.05, 0.1) is 6.04 Å². The monoisotopic (exact) mass is 448 g/mol. The summed E-state index contributed by atoms with van der Waals surface area (Å²) in [6.07, 6.45) is 3.26. The van der Waals surface area contributed by atoms with Crippen molar-refractivity contribution in [2.45, 2.75) is 57.3 Å². The van der Waals surface area contributed by atoms with Gasteiger partial charge in [-0.3, -0.25) is 14.4 Å². The molecule has 3 amide bonds. The highest BCUT2D eigenvalue weighted by atomic mass is 32.2. The number of nitrogens with two attached hydrogens (primary N) is 1. The first-order chi connectivity index (χ1) is 13.6. The number of hydrogen-bond donors (Lipinski definition) is 5. The number of thioether (sulfide) groups is 1. The molecule has 11 heteroatoms. The largest absolute Gasteiger partial charge is 0.480 e. The summed E-state index contributed by atoms with van der Waals surface area (Å²) in [6.45, 7) is 3.90. The van der Waals surface area contributed by atoms with Gasteiger partial charge in [0.2, 0.25) is 17.7 Å². The molecule has 29 heavy (non-hydrogen) atoms. The third kappa shape index (κ3) is 7.38. The van der Waals surface area contributed by atoms with Gasteiger partial charge < -0.3 is 26.4 Å². The molecule has 0 saturated carbocycles. The third-order valence-corrected chi connectivity index (χ3v) is 5.87. The van der Waals surface area contributed by atoms with Crippen molar-refractivity contribution in [1.29, 1.82) is 0 Å². The van der Waals surface area contributed by atoms with Crippen molar-refractivity contribution in [2.75, 3.05) is 24.3 Å². The number of carbonyl (C=O) groups is 4. The predicted octanol–water partition coefficient (Wildman–Crippen LogP) is -0.302. The summed E-state index contributed by atoms with van der Waals surface area (Å²) in [6, 6.07) is -3.44. The molecule has 0 spiro atoms. The van der Waals surface area contributed by atoms with Gasteiger partial charge in [-0.1, -0.05) is 13.8 Å². The van der Waals surface area contributed by atoms with Crippen LogP contribution in [-0.4, -0.2) is 82.2 Å². The molecule has 0 aromatic carbocycles. The number of carboxylic acid groups (broad SMARTS) is 1. The molecule has 0 aliphatic carbocycles. The highest BCUT2D eigenvalue weighted by Crippen LogP contribution is 2.20. The molecule has 5 N–H and O–H groups in total. The Morgan fingerprint density at radius 1 is 1.24 bits per heavy atom. The fourth-order valence-corrected chi connectivity index (χ4v) is 3.74. The molecular weight excluding hydrogens is 416 g/mol. The van der Waals surface area contributed by atoms with E-state index in [1.807, 2.05) is 6.26 Å². The molecule has 1 rings (SSSR count). The van der Waals surface area contributed by atoms with Crippen LogP contribution in [0.3, 0.4) is 0 Å². The standard InChI is InChI=1S/C18H32N4O5S2/c1-10(2)14(17(25)22-7-4-5-13(22)18(26)27)21-16(24)12(6-8-29-3)20-15(23)11(19)9-28/h10-14,28H,4-9,19H2,1-3H3,(H,20,23)(H,21,24)(H,26,27). The van der Waals surface area contributed by atoms with Crippen LogP contribution in [0.4, 0.5) is 0 Å². The number of thiol groups is 1. The first-order valence-electron chi connectivity index (χ1n) is 9.63. The lowest BCUT2D eigenvalue weighted by atomic mass is 10.0. The van der Waals surface area contributed by atoms with Gasteiger partial charge in [-0.2, -0.15) is 24.4 Å². The zero-order valence-corrected chi connectivity index (χ0v) is 18.8. The van der Waals surface area contributed by atoms with Gasteiger partial charge >= 0.3 is 5.97 Å². The summed E-state index contributed by atoms with van der Waals surface area (Å²) in [4.78, 5) is 50.7. The lowest BCUT2D eigenvalue weighted by Crippen LogP contribution is -2.58. The number of likely N-dealkylation sites (tertiary alicyclic amines) is 1. The van der Waals surface area contributed by atoms with Crippen molar-refractivity contribution in [1.82, 2.24) is 15.5 Å². The first-order valence-corrected chi connectivity index (χ1v) is 11.7. The Hall–Kier alpha value is -1.46. The lowest BCUT2D eigenvalue weighted by Gasteiger charge is -2.30. The molecule has 1 saturated heterocycles. The summed E-state index contributed by atoms with van der Waals surface area (Å²) in [5.74, 6) is -1.92. The molecule has 4 atom stereocenters. The maximum absolute atomic E-state index is 13.0. The summed E-state index contributed by atoms with van der Waals surface area (Å²) in [7, 11) is 0. The molecule has 1 heterocycles. The topological polar surface area (TPSA) is 142 Å². The molecule has 0 radical (unpaired) electrons. The highest BCUT2D eigenvalue weighted by molar-refractivity contribution is 7.98. The highest BCUT2D eigenvalue weighted by Gasteiger charge is 2.39. The first kappa shape index (κ1) is 25.6. The third-order valence-electron chi connectivity index (χ3n) is 4.83. The molecule has 1 aliphatic rings. The zero-order chi connectivity index (χ0) is 22.1. The molecular formula is C18H32N4O5S2. The maximum atomic E-state index is 13.0. The summed E-state index contributed by atoms with van der Waals surface area (Å²) in [5.41, 5.74) is 5.68. The van der Waals surface area contributed by atoms with Crippen LogP contribution >= 0.6 is 24.4 Å². The van der Waals surface area contributed by atoms with Gasteiger partial charge in [-0.05, 0) is 37.2 Å². The molecule has 9 nitrogen and oxygen atoms in total. The Bertz CT molecular complexity index is 605. The van der Waals surface area contributed by atoms with E-state index >= 15 is 0 Å². The van der Waals surface area contributed by atoms with Crippen LogP contribution in [0, 0.1) is 5.92 Å². The van der Waals surface area contributed by atoms with E-state index in [9.17, 15) is 24.3 Å². The molecule has 1 fully saturated rings.